The molecular weight excluding hydrogens is 384 g/mol. The Morgan fingerprint density at radius 3 is 2.43 bits per heavy atom. The number of esters is 1. The zero-order valence-corrected chi connectivity index (χ0v) is 17.6. The molecule has 1 aliphatic heterocycles. The molecule has 2 aromatic rings. The minimum atomic E-state index is -0.438. The lowest BCUT2D eigenvalue weighted by Crippen LogP contribution is -2.47. The highest BCUT2D eigenvalue weighted by Gasteiger charge is 2.29. The highest BCUT2D eigenvalue weighted by molar-refractivity contribution is 6.00. The van der Waals surface area contributed by atoms with Gasteiger partial charge < -0.3 is 25.3 Å². The van der Waals surface area contributed by atoms with Crippen LogP contribution in [0.3, 0.4) is 0 Å². The number of amides is 3. The standard InChI is InChI=1S/C22H28N4O4/c1-4-17-18(21(28)30-3)14(2)19(25-17)20(27)26-12-10-16(11-13-26)24-22(29)23-15-8-6-5-7-9-15/h5-9,16,25H,4,10-13H2,1-3H3,(H2,23,24,29). The van der Waals surface area contributed by atoms with Crippen LogP contribution < -0.4 is 10.6 Å². The smallest absolute Gasteiger partial charge is 0.339 e. The quantitative estimate of drug-likeness (QED) is 0.657. The summed E-state index contributed by atoms with van der Waals surface area (Å²) in [6.45, 7) is 4.74. The number of piperidine rings is 1. The van der Waals surface area contributed by atoms with Crippen LogP contribution in [0, 0.1) is 6.92 Å². The molecule has 1 aromatic heterocycles. The zero-order chi connectivity index (χ0) is 21.7. The number of aryl methyl sites for hydroxylation is 1. The molecule has 0 saturated carbocycles. The van der Waals surface area contributed by atoms with Crippen LogP contribution in [0.2, 0.25) is 0 Å². The molecule has 3 amide bonds. The molecule has 1 aromatic carbocycles. The van der Waals surface area contributed by atoms with E-state index in [0.717, 1.165) is 5.69 Å². The molecule has 0 aliphatic carbocycles. The number of aromatic amines is 1. The van der Waals surface area contributed by atoms with Crippen LogP contribution >= 0.6 is 0 Å². The number of benzene rings is 1. The van der Waals surface area contributed by atoms with E-state index in [4.69, 9.17) is 4.74 Å². The van der Waals surface area contributed by atoms with Crippen molar-refractivity contribution in [1.29, 1.82) is 0 Å². The average Bonchev–Trinajstić information content (AvgIpc) is 3.10. The van der Waals surface area contributed by atoms with Gasteiger partial charge in [-0.2, -0.15) is 0 Å². The van der Waals surface area contributed by atoms with Gasteiger partial charge in [-0.1, -0.05) is 25.1 Å². The highest BCUT2D eigenvalue weighted by Crippen LogP contribution is 2.23. The third-order valence-electron chi connectivity index (χ3n) is 5.43. The van der Waals surface area contributed by atoms with Crippen LogP contribution in [0.5, 0.6) is 0 Å². The number of hydrogen-bond donors (Lipinski definition) is 3. The van der Waals surface area contributed by atoms with Crippen LogP contribution in [-0.2, 0) is 11.2 Å². The first-order chi connectivity index (χ1) is 14.4. The van der Waals surface area contributed by atoms with Crippen molar-refractivity contribution in [3.05, 3.63) is 52.8 Å². The number of anilines is 1. The first kappa shape index (κ1) is 21.4. The summed E-state index contributed by atoms with van der Waals surface area (Å²) >= 11 is 0. The van der Waals surface area contributed by atoms with E-state index in [2.05, 4.69) is 15.6 Å². The molecule has 2 heterocycles. The summed E-state index contributed by atoms with van der Waals surface area (Å²) in [6, 6.07) is 9.01. The van der Waals surface area contributed by atoms with Gasteiger partial charge in [0.1, 0.15) is 5.69 Å². The van der Waals surface area contributed by atoms with E-state index >= 15 is 0 Å². The Balaban J connectivity index is 1.58. The van der Waals surface area contributed by atoms with Gasteiger partial charge in [0.05, 0.1) is 12.7 Å². The van der Waals surface area contributed by atoms with E-state index in [1.807, 2.05) is 37.3 Å². The lowest BCUT2D eigenvalue weighted by atomic mass is 10.0. The van der Waals surface area contributed by atoms with Crippen molar-refractivity contribution in [1.82, 2.24) is 15.2 Å². The fourth-order valence-electron chi connectivity index (χ4n) is 3.77. The Morgan fingerprint density at radius 2 is 1.83 bits per heavy atom. The van der Waals surface area contributed by atoms with Gasteiger partial charge in [0.15, 0.2) is 0 Å². The topological polar surface area (TPSA) is 104 Å². The molecule has 30 heavy (non-hydrogen) atoms. The van der Waals surface area contributed by atoms with Gasteiger partial charge in [0.2, 0.25) is 0 Å². The van der Waals surface area contributed by atoms with E-state index in [9.17, 15) is 14.4 Å². The fraction of sp³-hybridized carbons (Fsp3) is 0.409. The molecular formula is C22H28N4O4. The molecule has 8 heteroatoms. The summed E-state index contributed by atoms with van der Waals surface area (Å²) < 4.78 is 4.86. The number of carbonyl (C=O) groups excluding carboxylic acids is 3. The molecule has 0 atom stereocenters. The largest absolute Gasteiger partial charge is 0.465 e. The van der Waals surface area contributed by atoms with E-state index in [-0.39, 0.29) is 18.0 Å². The Bertz CT molecular complexity index is 915. The summed E-state index contributed by atoms with van der Waals surface area (Å²) in [7, 11) is 1.33. The molecule has 1 saturated heterocycles. The Labute approximate surface area is 176 Å². The van der Waals surface area contributed by atoms with E-state index in [1.165, 1.54) is 7.11 Å². The number of ether oxygens (including phenoxy) is 1. The van der Waals surface area contributed by atoms with Gasteiger partial charge in [0, 0.05) is 30.5 Å². The molecule has 1 aliphatic rings. The van der Waals surface area contributed by atoms with Crippen LogP contribution in [0.4, 0.5) is 10.5 Å². The zero-order valence-electron chi connectivity index (χ0n) is 17.6. The van der Waals surface area contributed by atoms with Crippen LogP contribution in [0.1, 0.15) is 51.9 Å². The SMILES string of the molecule is CCc1[nH]c(C(=O)N2CCC(NC(=O)Nc3ccccc3)CC2)c(C)c1C(=O)OC. The predicted molar refractivity (Wildman–Crippen MR) is 114 cm³/mol. The maximum absolute atomic E-state index is 13.0. The monoisotopic (exact) mass is 412 g/mol. The number of methoxy groups -OCH3 is 1. The average molecular weight is 412 g/mol. The van der Waals surface area contributed by atoms with Gasteiger partial charge in [-0.15, -0.1) is 0 Å². The number of carbonyl (C=O) groups is 3. The Morgan fingerprint density at radius 1 is 1.17 bits per heavy atom. The molecule has 3 N–H and O–H groups in total. The molecule has 0 spiro atoms. The lowest BCUT2D eigenvalue weighted by Gasteiger charge is -2.32. The molecule has 0 radical (unpaired) electrons. The second kappa shape index (κ2) is 9.47. The maximum Gasteiger partial charge on any atom is 0.339 e. The minimum Gasteiger partial charge on any atom is -0.465 e. The second-order valence-electron chi connectivity index (χ2n) is 7.35. The van der Waals surface area contributed by atoms with Crippen LogP contribution in [0.25, 0.3) is 0 Å². The van der Waals surface area contributed by atoms with Crippen LogP contribution in [-0.4, -0.2) is 54.0 Å². The number of urea groups is 1. The van der Waals surface area contributed by atoms with Gasteiger partial charge in [-0.05, 0) is 43.9 Å². The van der Waals surface area contributed by atoms with Gasteiger partial charge in [-0.25, -0.2) is 9.59 Å². The number of nitrogens with zero attached hydrogens (tertiary/aromatic N) is 1. The summed E-state index contributed by atoms with van der Waals surface area (Å²) in [5.41, 5.74) is 2.93. The van der Waals surface area contributed by atoms with Crippen molar-refractivity contribution in [2.45, 2.75) is 39.2 Å². The molecule has 8 nitrogen and oxygen atoms in total. The van der Waals surface area contributed by atoms with Gasteiger partial charge in [-0.3, -0.25) is 4.79 Å². The molecule has 0 unspecified atom stereocenters. The Kier molecular flexibility index (Phi) is 6.76. The van der Waals surface area contributed by atoms with Crippen molar-refractivity contribution in [2.75, 3.05) is 25.5 Å². The summed E-state index contributed by atoms with van der Waals surface area (Å²) in [6.07, 6.45) is 1.93. The van der Waals surface area contributed by atoms with Crippen LogP contribution in [0.15, 0.2) is 30.3 Å². The van der Waals surface area contributed by atoms with Crippen molar-refractivity contribution >= 4 is 23.6 Å². The number of nitrogens with one attached hydrogen (secondary N) is 3. The number of hydrogen-bond acceptors (Lipinski definition) is 4. The second-order valence-corrected chi connectivity index (χ2v) is 7.35. The van der Waals surface area contributed by atoms with Crippen molar-refractivity contribution in [3.63, 3.8) is 0 Å². The number of aromatic nitrogens is 1. The van der Waals surface area contributed by atoms with E-state index in [1.54, 1.807) is 11.8 Å². The third kappa shape index (κ3) is 4.64. The summed E-state index contributed by atoms with van der Waals surface area (Å²) in [4.78, 5) is 42.2. The third-order valence-corrected chi connectivity index (χ3v) is 5.43. The first-order valence-corrected chi connectivity index (χ1v) is 10.2. The van der Waals surface area contributed by atoms with Crippen molar-refractivity contribution < 1.29 is 19.1 Å². The number of likely N-dealkylation sites (tertiary alicyclic amines) is 1. The van der Waals surface area contributed by atoms with E-state index < -0.39 is 5.97 Å². The van der Waals surface area contributed by atoms with Gasteiger partial charge in [0.25, 0.3) is 5.91 Å². The normalized spacial score (nSPS) is 14.3. The predicted octanol–water partition coefficient (Wildman–Crippen LogP) is 3.10. The molecule has 1 fully saturated rings. The fourth-order valence-corrected chi connectivity index (χ4v) is 3.77. The van der Waals surface area contributed by atoms with Gasteiger partial charge >= 0.3 is 12.0 Å². The maximum atomic E-state index is 13.0. The molecule has 160 valence electrons. The Hall–Kier alpha value is -3.29. The number of rotatable bonds is 5. The number of para-hydroxylation sites is 1. The van der Waals surface area contributed by atoms with Crippen molar-refractivity contribution in [2.24, 2.45) is 0 Å². The lowest BCUT2D eigenvalue weighted by molar-refractivity contribution is 0.0599. The highest BCUT2D eigenvalue weighted by atomic mass is 16.5. The minimum absolute atomic E-state index is 0.000617. The molecule has 0 bridgehead atoms. The summed E-state index contributed by atoms with van der Waals surface area (Å²) in [5, 5.41) is 5.77. The number of H-pyrrole nitrogens is 1. The summed E-state index contributed by atoms with van der Waals surface area (Å²) in [5.74, 6) is -0.573. The first-order valence-electron chi connectivity index (χ1n) is 10.2. The molecule has 3 rings (SSSR count). The van der Waals surface area contributed by atoms with E-state index in [0.29, 0.717) is 54.9 Å². The van der Waals surface area contributed by atoms with Crippen molar-refractivity contribution in [3.8, 4) is 0 Å².